The highest BCUT2D eigenvalue weighted by Crippen LogP contribution is 2.34. The zero-order chi connectivity index (χ0) is 30.3. The molecule has 14 nitrogen and oxygen atoms in total. The zero-order valence-corrected chi connectivity index (χ0v) is 22.5. The molecule has 1 aromatic heterocycles. The highest BCUT2D eigenvalue weighted by atomic mass is 16.7. The highest BCUT2D eigenvalue weighted by Gasteiger charge is 2.47. The fourth-order valence-electron chi connectivity index (χ4n) is 4.84. The molecule has 7 N–H and O–H groups in total. The number of rotatable bonds is 7. The van der Waals surface area contributed by atoms with Gasteiger partial charge in [-0.3, -0.25) is 4.79 Å². The summed E-state index contributed by atoms with van der Waals surface area (Å²) < 4.78 is 33.2. The molecular weight excluding hydrogens is 560 g/mol. The summed E-state index contributed by atoms with van der Waals surface area (Å²) in [5.74, 6) is 0.238. The third kappa shape index (κ3) is 5.81. The van der Waals surface area contributed by atoms with E-state index in [4.69, 9.17) is 28.1 Å². The van der Waals surface area contributed by atoms with Gasteiger partial charge in [-0.1, -0.05) is 0 Å². The minimum atomic E-state index is -1.76. The van der Waals surface area contributed by atoms with Gasteiger partial charge in [-0.15, -0.1) is 0 Å². The maximum atomic E-state index is 12.8. The maximum Gasteiger partial charge on any atom is 0.229 e. The summed E-state index contributed by atoms with van der Waals surface area (Å²) in [6.07, 6.45) is -14.8. The predicted octanol–water partition coefficient (Wildman–Crippen LogP) is -0.795. The molecule has 0 bridgehead atoms. The van der Waals surface area contributed by atoms with E-state index in [0.29, 0.717) is 11.3 Å². The SMILES string of the molecule is COc1ccc(-c2cc(=O)c3c(O)cc(O[C@@H]4O[C@H](CO[C@@H]5O[C@@H](C)[C@H](O)[C@H](O)[C@@H]5O)[C@H](O)[C@H](O)[C@@H]4O)cc3o2)cc1. The van der Waals surface area contributed by atoms with Gasteiger partial charge < -0.3 is 63.8 Å². The quantitative estimate of drug-likeness (QED) is 0.179. The normalized spacial score (nSPS) is 33.4. The summed E-state index contributed by atoms with van der Waals surface area (Å²) in [5.41, 5.74) is 0.0115. The Labute approximate surface area is 238 Å². The standard InChI is InChI=1S/C28H32O14/c1-11-21(31)23(33)25(35)27(39-11)38-10-19-22(32)24(34)26(36)28(42-19)40-14-7-15(29)20-16(30)9-17(41-18(20)8-14)12-3-5-13(37-2)6-4-12/h3-9,11,19,21-29,31-36H,10H2,1-2H3/t11-,19+,21-,22-,23-,24-,25-,26-,27+,28+/m0/s1. The van der Waals surface area contributed by atoms with Crippen molar-refractivity contribution in [3.8, 4) is 28.6 Å². The van der Waals surface area contributed by atoms with Crippen molar-refractivity contribution in [2.45, 2.75) is 68.3 Å². The number of aliphatic hydroxyl groups is 6. The molecule has 2 fully saturated rings. The first-order chi connectivity index (χ1) is 20.0. The maximum absolute atomic E-state index is 12.8. The van der Waals surface area contributed by atoms with E-state index in [1.165, 1.54) is 26.2 Å². The van der Waals surface area contributed by atoms with Crippen LogP contribution in [0.25, 0.3) is 22.3 Å². The number of phenols is 1. The number of hydrogen-bond acceptors (Lipinski definition) is 14. The Morgan fingerprint density at radius 2 is 1.45 bits per heavy atom. The number of ether oxygens (including phenoxy) is 5. The van der Waals surface area contributed by atoms with Crippen molar-refractivity contribution in [3.63, 3.8) is 0 Å². The molecule has 14 heteroatoms. The van der Waals surface area contributed by atoms with Gasteiger partial charge in [0.05, 0.1) is 19.8 Å². The van der Waals surface area contributed by atoms with Crippen molar-refractivity contribution in [1.29, 1.82) is 0 Å². The van der Waals surface area contributed by atoms with Gasteiger partial charge >= 0.3 is 0 Å². The number of fused-ring (bicyclic) bond motifs is 1. The summed E-state index contributed by atoms with van der Waals surface area (Å²) in [6.45, 7) is 0.984. The van der Waals surface area contributed by atoms with Gasteiger partial charge in [0.1, 0.15) is 76.7 Å². The smallest absolute Gasteiger partial charge is 0.229 e. The van der Waals surface area contributed by atoms with Crippen LogP contribution >= 0.6 is 0 Å². The summed E-state index contributed by atoms with van der Waals surface area (Å²) in [4.78, 5) is 12.8. The van der Waals surface area contributed by atoms with Crippen molar-refractivity contribution >= 4 is 11.0 Å². The van der Waals surface area contributed by atoms with Gasteiger partial charge in [-0.2, -0.15) is 0 Å². The Balaban J connectivity index is 1.35. The minimum absolute atomic E-state index is 0.0348. The van der Waals surface area contributed by atoms with Crippen LogP contribution in [0.15, 0.2) is 51.7 Å². The first-order valence-electron chi connectivity index (χ1n) is 13.1. The Kier molecular flexibility index (Phi) is 8.71. The lowest BCUT2D eigenvalue weighted by molar-refractivity contribution is -0.318. The fraction of sp³-hybridized carbons (Fsp3) is 0.464. The number of hydrogen-bond donors (Lipinski definition) is 7. The Bertz CT molecular complexity index is 1440. The van der Waals surface area contributed by atoms with Gasteiger partial charge in [0.25, 0.3) is 0 Å². The number of benzene rings is 2. The molecule has 3 heterocycles. The van der Waals surface area contributed by atoms with Crippen LogP contribution in [-0.4, -0.2) is 111 Å². The van der Waals surface area contributed by atoms with E-state index in [1.807, 2.05) is 0 Å². The lowest BCUT2D eigenvalue weighted by Crippen LogP contribution is -2.61. The third-order valence-corrected chi connectivity index (χ3v) is 7.31. The van der Waals surface area contributed by atoms with Gasteiger partial charge in [0, 0.05) is 23.8 Å². The minimum Gasteiger partial charge on any atom is -0.507 e. The molecule has 10 atom stereocenters. The second kappa shape index (κ2) is 12.1. The van der Waals surface area contributed by atoms with Crippen molar-refractivity contribution in [1.82, 2.24) is 0 Å². The van der Waals surface area contributed by atoms with Crippen LogP contribution in [-0.2, 0) is 14.2 Å². The first-order valence-corrected chi connectivity index (χ1v) is 13.1. The third-order valence-electron chi connectivity index (χ3n) is 7.31. The fourth-order valence-corrected chi connectivity index (χ4v) is 4.84. The topological polar surface area (TPSA) is 218 Å². The molecule has 0 amide bonds. The summed E-state index contributed by atoms with van der Waals surface area (Å²) in [5, 5.41) is 71.9. The van der Waals surface area contributed by atoms with E-state index in [0.717, 1.165) is 6.07 Å². The molecule has 228 valence electrons. The molecule has 5 rings (SSSR count). The average molecular weight is 593 g/mol. The van der Waals surface area contributed by atoms with Crippen molar-refractivity contribution < 1.29 is 63.8 Å². The largest absolute Gasteiger partial charge is 0.507 e. The lowest BCUT2D eigenvalue weighted by atomic mass is 9.98. The number of aromatic hydroxyl groups is 1. The van der Waals surface area contributed by atoms with E-state index in [2.05, 4.69) is 0 Å². The molecule has 2 aliphatic heterocycles. The van der Waals surface area contributed by atoms with Crippen molar-refractivity contribution in [2.75, 3.05) is 13.7 Å². The van der Waals surface area contributed by atoms with Crippen LogP contribution < -0.4 is 14.9 Å². The van der Waals surface area contributed by atoms with E-state index >= 15 is 0 Å². The number of aliphatic hydroxyl groups excluding tert-OH is 6. The molecule has 2 aromatic carbocycles. The van der Waals surface area contributed by atoms with E-state index in [1.54, 1.807) is 24.3 Å². The molecule has 2 saturated heterocycles. The molecule has 0 saturated carbocycles. The second-order valence-corrected chi connectivity index (χ2v) is 10.2. The van der Waals surface area contributed by atoms with E-state index in [-0.39, 0.29) is 22.5 Å². The molecule has 0 unspecified atom stereocenters. The molecular formula is C28H32O14. The second-order valence-electron chi connectivity index (χ2n) is 10.2. The van der Waals surface area contributed by atoms with Gasteiger partial charge in [0.2, 0.25) is 6.29 Å². The molecule has 42 heavy (non-hydrogen) atoms. The average Bonchev–Trinajstić information content (AvgIpc) is 2.97. The Morgan fingerprint density at radius 1 is 0.786 bits per heavy atom. The van der Waals surface area contributed by atoms with Crippen molar-refractivity contribution in [3.05, 3.63) is 52.7 Å². The monoisotopic (exact) mass is 592 g/mol. The van der Waals surface area contributed by atoms with Crippen LogP contribution in [0, 0.1) is 0 Å². The van der Waals surface area contributed by atoms with Gasteiger partial charge in [-0.05, 0) is 31.2 Å². The van der Waals surface area contributed by atoms with Crippen LogP contribution in [0.5, 0.6) is 17.2 Å². The van der Waals surface area contributed by atoms with Gasteiger partial charge in [0.15, 0.2) is 11.7 Å². The number of phenolic OH excluding ortho intramolecular Hbond substituents is 1. The summed E-state index contributed by atoms with van der Waals surface area (Å²) in [6, 6.07) is 10.4. The van der Waals surface area contributed by atoms with Crippen LogP contribution in [0.4, 0.5) is 0 Å². The summed E-state index contributed by atoms with van der Waals surface area (Å²) in [7, 11) is 1.52. The van der Waals surface area contributed by atoms with E-state index < -0.39 is 79.2 Å². The molecule has 0 spiro atoms. The first kappa shape index (κ1) is 30.2. The Hall–Kier alpha value is -3.31. The van der Waals surface area contributed by atoms with Crippen LogP contribution in [0.3, 0.4) is 0 Å². The van der Waals surface area contributed by atoms with E-state index in [9.17, 15) is 40.5 Å². The lowest BCUT2D eigenvalue weighted by Gasteiger charge is -2.42. The zero-order valence-electron chi connectivity index (χ0n) is 22.5. The van der Waals surface area contributed by atoms with Gasteiger partial charge in [-0.25, -0.2) is 0 Å². The molecule has 3 aromatic rings. The van der Waals surface area contributed by atoms with Crippen LogP contribution in [0.2, 0.25) is 0 Å². The molecule has 0 aliphatic carbocycles. The van der Waals surface area contributed by atoms with Crippen molar-refractivity contribution in [2.24, 2.45) is 0 Å². The number of methoxy groups -OCH3 is 1. The molecule has 2 aliphatic rings. The predicted molar refractivity (Wildman–Crippen MR) is 142 cm³/mol. The summed E-state index contributed by atoms with van der Waals surface area (Å²) >= 11 is 0. The van der Waals surface area contributed by atoms with Crippen LogP contribution in [0.1, 0.15) is 6.92 Å². The molecule has 0 radical (unpaired) electrons. The Morgan fingerprint density at radius 3 is 2.14 bits per heavy atom. The highest BCUT2D eigenvalue weighted by molar-refractivity contribution is 5.86.